The summed E-state index contributed by atoms with van der Waals surface area (Å²) in [6.45, 7) is 92.1. The van der Waals surface area contributed by atoms with E-state index in [4.69, 9.17) is 10.2 Å². The molecule has 0 spiro atoms. The maximum absolute atomic E-state index is 8.36. The van der Waals surface area contributed by atoms with Crippen LogP contribution in [0, 0.1) is 11.8 Å². The molecule has 0 amide bonds. The Morgan fingerprint density at radius 3 is 0.631 bits per heavy atom. The summed E-state index contributed by atoms with van der Waals surface area (Å²) >= 11 is 0. The van der Waals surface area contributed by atoms with Gasteiger partial charge in [-0.3, -0.25) is 0 Å². The summed E-state index contributed by atoms with van der Waals surface area (Å²) in [6.07, 6.45) is 49.2. The minimum Gasteiger partial charge on any atom is -0.396 e. The summed E-state index contributed by atoms with van der Waals surface area (Å²) in [6, 6.07) is 0.736. The molecule has 4 aliphatic heterocycles. The van der Waals surface area contributed by atoms with Gasteiger partial charge in [-0.05, 0) is 283 Å². The molecule has 4 rings (SSSR count). The fraction of sp³-hybridized carbons (Fsp3) is 1.00. The first-order valence-corrected chi connectivity index (χ1v) is 49.1. The normalized spacial score (nSPS) is 13.5. The Bertz CT molecular complexity index is 1140. The molecule has 111 heavy (non-hydrogen) atoms. The molecule has 0 aliphatic carbocycles. The van der Waals surface area contributed by atoms with E-state index < -0.39 is 0 Å². The highest BCUT2D eigenvalue weighted by Gasteiger charge is 2.10. The van der Waals surface area contributed by atoms with Gasteiger partial charge in [0.25, 0.3) is 0 Å². The monoisotopic (exact) mass is 1600 g/mol. The number of nitrogens with zero attached hydrogens (tertiary/aromatic N) is 8. The molecule has 0 radical (unpaired) electrons. The number of likely N-dealkylation sites (tertiary alicyclic amines) is 4. The molecule has 0 aromatic carbocycles. The summed E-state index contributed by atoms with van der Waals surface area (Å²) in [5, 5.41) is 16.2. The highest BCUT2D eigenvalue weighted by Crippen LogP contribution is 2.10. The van der Waals surface area contributed by atoms with Crippen molar-refractivity contribution in [1.29, 1.82) is 0 Å². The maximum Gasteiger partial charge on any atom is 0.0509 e. The summed E-state index contributed by atoms with van der Waals surface area (Å²) in [5.74, 6) is 1.82. The third kappa shape index (κ3) is 234. The Balaban J connectivity index is -0.0000000615. The van der Waals surface area contributed by atoms with Crippen molar-refractivity contribution in [3.8, 4) is 0 Å². The Hall–Kier alpha value is -0.440. The minimum absolute atomic E-state index is 0.116. The van der Waals surface area contributed by atoms with E-state index in [0.29, 0.717) is 6.61 Å². The molecule has 2 atom stereocenters. The topological polar surface area (TPSA) is 75.6 Å². The first-order valence-electron chi connectivity index (χ1n) is 49.1. The zero-order valence-corrected chi connectivity index (χ0v) is 87.4. The van der Waals surface area contributed by atoms with Gasteiger partial charge in [0, 0.05) is 26.4 Å². The molecule has 11 nitrogen and oxygen atoms in total. The average molecular weight is 1600 g/mol. The SMILES string of the molecule is CCC.CCC.CCC(C)C.CCC(C)CC.CCC(C)N(C)C.CCC(C)O.CCCC.CCCC.CCCCC.CCCCC.CCCCCC.CCCCN(C)C.CCCN(C)C.CCCN1CCCC1.CCCN1CCCCC1.CCCO.CCN(C)C.CCN1CCCC1.CCN1CCCCC1.CCOC. The third-order valence-electron chi connectivity index (χ3n) is 17.7. The van der Waals surface area contributed by atoms with Gasteiger partial charge >= 0.3 is 0 Å². The molecule has 11 heteroatoms. The number of piperidine rings is 2. The van der Waals surface area contributed by atoms with Crippen molar-refractivity contribution >= 4 is 0 Å². The van der Waals surface area contributed by atoms with Gasteiger partial charge in [-0.25, -0.2) is 0 Å². The first-order chi connectivity index (χ1) is 52.8. The van der Waals surface area contributed by atoms with Crippen LogP contribution in [-0.4, -0.2) is 236 Å². The predicted octanol–water partition coefficient (Wildman–Crippen LogP) is 29.9. The lowest BCUT2D eigenvalue weighted by Crippen LogP contribution is -2.30. The predicted molar refractivity (Wildman–Crippen MR) is 529 cm³/mol. The molecule has 0 bridgehead atoms. The van der Waals surface area contributed by atoms with Gasteiger partial charge in [0.05, 0.1) is 6.10 Å². The molecule has 4 aliphatic rings. The Morgan fingerprint density at radius 2 is 0.550 bits per heavy atom. The molecule has 698 valence electrons. The zero-order valence-electron chi connectivity index (χ0n) is 87.4. The van der Waals surface area contributed by atoms with E-state index in [2.05, 4.69) is 301 Å². The lowest BCUT2D eigenvalue weighted by atomic mass is 10.1. The maximum atomic E-state index is 8.36. The van der Waals surface area contributed by atoms with E-state index in [-0.39, 0.29) is 6.10 Å². The molecule has 4 saturated heterocycles. The van der Waals surface area contributed by atoms with Crippen molar-refractivity contribution in [2.75, 3.05) is 175 Å². The lowest BCUT2D eigenvalue weighted by Gasteiger charge is -2.25. The fourth-order valence-electron chi connectivity index (χ4n) is 7.98. The highest BCUT2D eigenvalue weighted by atomic mass is 16.5. The number of unbranched alkanes of at least 4 members (excludes halogenated alkanes) is 10. The molecule has 0 aromatic heterocycles. The van der Waals surface area contributed by atoms with Crippen LogP contribution in [0.4, 0.5) is 0 Å². The first kappa shape index (κ1) is 148. The van der Waals surface area contributed by atoms with Crippen LogP contribution in [0.1, 0.15) is 466 Å². The van der Waals surface area contributed by atoms with E-state index in [1.54, 1.807) is 14.0 Å². The average Bonchev–Trinajstić information content (AvgIpc) is 1.35. The van der Waals surface area contributed by atoms with Gasteiger partial charge < -0.3 is 54.1 Å². The van der Waals surface area contributed by atoms with E-state index in [1.807, 2.05) is 20.8 Å². The van der Waals surface area contributed by atoms with Crippen LogP contribution in [0.5, 0.6) is 0 Å². The van der Waals surface area contributed by atoms with Crippen molar-refractivity contribution in [2.45, 2.75) is 478 Å². The van der Waals surface area contributed by atoms with Crippen LogP contribution in [0.15, 0.2) is 0 Å². The number of methoxy groups -OCH3 is 1. The molecule has 2 N–H and O–H groups in total. The van der Waals surface area contributed by atoms with Crippen LogP contribution in [0.3, 0.4) is 0 Å². The van der Waals surface area contributed by atoms with Crippen molar-refractivity contribution in [2.24, 2.45) is 11.8 Å². The van der Waals surface area contributed by atoms with E-state index in [1.165, 1.54) is 316 Å². The Kier molecular flexibility index (Phi) is 211. The molecule has 0 aromatic rings. The standard InChI is InChI=1S/C8H17N.2C7H15N.C6H13N.2C6H15N.2C6H14.C5H13N.3C5H12.C4H11N.C4H10O.2C4H10.2C3H8O.2C3H8/c1-2-6-9-7-4-3-5-8-9;1-2-8-6-4-3-5-7-8;1-2-5-8-6-3-4-7-8;1-2-7-5-3-4-6-7;1-5-6(2)7(3)4;1-4-5-6-7(2)3;1-4-6(3)5-2;1-3-5-6-4-2;1-4-5-6(2)3;1-4-5(2)3;2*1-3-5-4-2;1-4-5(2)3;1-3-4(2)5;3*1-3-4-2;1-2-3-4;2*1-3-2/h2-8H2,1H3;2*2-7H2,1H3;2-6H2,1H3;6H,5H2,1-4H3;4-6H2,1-3H3;6H,4-5H2,1-3H3;3-6H2,1-2H3;4-5H2,1-3H3;5H,4H2,1-3H3;2*3-5H2,1-2H3;4H2,1-3H3;4-5H,3H2,1-2H3;2*3-4H2,1-2H3;3H2,1-2H3;4H,2-3H2,1H3;2*3H2,1-2H3. The molecular weight excluding hydrogens is 1360 g/mol. The van der Waals surface area contributed by atoms with Crippen LogP contribution < -0.4 is 0 Å². The zero-order chi connectivity index (χ0) is 89.8. The van der Waals surface area contributed by atoms with E-state index in [0.717, 1.165) is 43.9 Å². The smallest absolute Gasteiger partial charge is 0.0509 e. The van der Waals surface area contributed by atoms with E-state index in [9.17, 15) is 0 Å². The number of aliphatic hydroxyl groups is 2. The molecule has 4 heterocycles. The number of hydrogen-bond acceptors (Lipinski definition) is 11. The Morgan fingerprint density at radius 1 is 0.306 bits per heavy atom. The summed E-state index contributed by atoms with van der Waals surface area (Å²) < 4.78 is 4.54. The molecule has 2 unspecified atom stereocenters. The molecule has 4 fully saturated rings. The largest absolute Gasteiger partial charge is 0.396 e. The second kappa shape index (κ2) is 157. The van der Waals surface area contributed by atoms with E-state index >= 15 is 0 Å². The van der Waals surface area contributed by atoms with Gasteiger partial charge in [0.2, 0.25) is 0 Å². The second-order valence-electron chi connectivity index (χ2n) is 31.8. The number of rotatable bonds is 29. The molecular formula is C100H240N8O3. The third-order valence-corrected chi connectivity index (χ3v) is 17.7. The van der Waals surface area contributed by atoms with Gasteiger partial charge in [0.15, 0.2) is 0 Å². The Labute approximate surface area is 715 Å². The van der Waals surface area contributed by atoms with Crippen LogP contribution >= 0.6 is 0 Å². The van der Waals surface area contributed by atoms with Gasteiger partial charge in [-0.1, -0.05) is 349 Å². The summed E-state index contributed by atoms with van der Waals surface area (Å²) in [7, 11) is 18.4. The van der Waals surface area contributed by atoms with Crippen molar-refractivity contribution in [3.63, 3.8) is 0 Å². The van der Waals surface area contributed by atoms with Gasteiger partial charge in [-0.2, -0.15) is 0 Å². The minimum atomic E-state index is -0.116. The van der Waals surface area contributed by atoms with Gasteiger partial charge in [-0.15, -0.1) is 0 Å². The van der Waals surface area contributed by atoms with Crippen LogP contribution in [0.2, 0.25) is 0 Å². The van der Waals surface area contributed by atoms with Crippen molar-refractivity contribution in [1.82, 2.24) is 39.2 Å². The van der Waals surface area contributed by atoms with Crippen molar-refractivity contribution in [3.05, 3.63) is 0 Å². The number of aliphatic hydroxyl groups excluding tert-OH is 2. The fourth-order valence-corrected chi connectivity index (χ4v) is 7.98. The van der Waals surface area contributed by atoms with Gasteiger partial charge in [0.1, 0.15) is 0 Å². The highest BCUT2D eigenvalue weighted by molar-refractivity contribution is 4.66. The van der Waals surface area contributed by atoms with Crippen LogP contribution in [-0.2, 0) is 4.74 Å². The van der Waals surface area contributed by atoms with Crippen molar-refractivity contribution < 1.29 is 14.9 Å². The second-order valence-corrected chi connectivity index (χ2v) is 31.8. The van der Waals surface area contributed by atoms with Crippen LogP contribution in [0.25, 0.3) is 0 Å². The summed E-state index contributed by atoms with van der Waals surface area (Å²) in [5.41, 5.74) is 0. The number of hydrogen-bond donors (Lipinski definition) is 2. The number of ether oxygens (including phenoxy) is 1. The molecule has 0 saturated carbocycles. The quantitative estimate of drug-likeness (QED) is 0.0704. The summed E-state index contributed by atoms with van der Waals surface area (Å²) in [4.78, 5) is 18.9. The lowest BCUT2D eigenvalue weighted by molar-refractivity contribution is 0.191.